The summed E-state index contributed by atoms with van der Waals surface area (Å²) in [6.45, 7) is 11.0. The molecule has 1 aromatic heterocycles. The molecule has 158 valence electrons. The molecule has 1 saturated heterocycles. The van der Waals surface area contributed by atoms with Gasteiger partial charge in [0, 0.05) is 26.2 Å². The molecule has 0 spiro atoms. The van der Waals surface area contributed by atoms with E-state index < -0.39 is 9.84 Å². The van der Waals surface area contributed by atoms with E-state index >= 15 is 0 Å². The second kappa shape index (κ2) is 9.09. The minimum absolute atomic E-state index is 0.00338. The quantitative estimate of drug-likeness (QED) is 0.740. The third kappa shape index (κ3) is 4.87. The largest absolute Gasteiger partial charge is 0.382 e. The predicted molar refractivity (Wildman–Crippen MR) is 116 cm³/mol. The SMILES string of the molecule is CCCCN1CCN(c2ncc(S(=O)(=O)c3ccc(C(C)C)cc3)c(N)n2)CC1. The van der Waals surface area contributed by atoms with Gasteiger partial charge in [-0.3, -0.25) is 4.90 Å². The molecule has 1 aliphatic rings. The molecule has 1 aliphatic heterocycles. The average molecular weight is 418 g/mol. The minimum Gasteiger partial charge on any atom is -0.382 e. The van der Waals surface area contributed by atoms with E-state index in [9.17, 15) is 8.42 Å². The predicted octanol–water partition coefficient (Wildman–Crippen LogP) is 2.94. The summed E-state index contributed by atoms with van der Waals surface area (Å²) in [5.74, 6) is 0.824. The molecule has 2 N–H and O–H groups in total. The van der Waals surface area contributed by atoms with E-state index in [1.807, 2.05) is 12.1 Å². The number of nitrogens with zero attached hydrogens (tertiary/aromatic N) is 4. The monoisotopic (exact) mass is 417 g/mol. The molecule has 1 aromatic carbocycles. The molecule has 1 fully saturated rings. The fourth-order valence-electron chi connectivity index (χ4n) is 3.45. The number of sulfone groups is 1. The van der Waals surface area contributed by atoms with Crippen molar-refractivity contribution in [2.45, 2.75) is 49.3 Å². The number of rotatable bonds is 7. The first-order chi connectivity index (χ1) is 13.8. The van der Waals surface area contributed by atoms with Crippen LogP contribution in [0.4, 0.5) is 11.8 Å². The van der Waals surface area contributed by atoms with Gasteiger partial charge in [-0.25, -0.2) is 13.4 Å². The zero-order valence-corrected chi connectivity index (χ0v) is 18.3. The molecule has 7 nitrogen and oxygen atoms in total. The van der Waals surface area contributed by atoms with Crippen LogP contribution in [0.15, 0.2) is 40.3 Å². The molecule has 0 amide bonds. The van der Waals surface area contributed by atoms with Gasteiger partial charge in [-0.05, 0) is 36.6 Å². The molecular weight excluding hydrogens is 386 g/mol. The van der Waals surface area contributed by atoms with Crippen molar-refractivity contribution in [1.29, 1.82) is 0 Å². The van der Waals surface area contributed by atoms with E-state index in [1.54, 1.807) is 12.1 Å². The van der Waals surface area contributed by atoms with E-state index in [0.717, 1.165) is 38.3 Å². The van der Waals surface area contributed by atoms with E-state index in [1.165, 1.54) is 19.0 Å². The Balaban J connectivity index is 1.75. The number of hydrogen-bond donors (Lipinski definition) is 1. The highest BCUT2D eigenvalue weighted by Crippen LogP contribution is 2.27. The van der Waals surface area contributed by atoms with Crippen molar-refractivity contribution >= 4 is 21.6 Å². The summed E-state index contributed by atoms with van der Waals surface area (Å²) in [5, 5.41) is 0. The highest BCUT2D eigenvalue weighted by molar-refractivity contribution is 7.91. The van der Waals surface area contributed by atoms with Crippen molar-refractivity contribution in [3.63, 3.8) is 0 Å². The van der Waals surface area contributed by atoms with Gasteiger partial charge in [0.25, 0.3) is 0 Å². The topological polar surface area (TPSA) is 92.4 Å². The summed E-state index contributed by atoms with van der Waals surface area (Å²) >= 11 is 0. The molecule has 0 unspecified atom stereocenters. The van der Waals surface area contributed by atoms with Crippen LogP contribution in [0.5, 0.6) is 0 Å². The molecule has 0 bridgehead atoms. The lowest BCUT2D eigenvalue weighted by Gasteiger charge is -2.34. The lowest BCUT2D eigenvalue weighted by Crippen LogP contribution is -2.47. The Morgan fingerprint density at radius 3 is 2.31 bits per heavy atom. The zero-order valence-electron chi connectivity index (χ0n) is 17.5. The second-order valence-electron chi connectivity index (χ2n) is 7.83. The lowest BCUT2D eigenvalue weighted by molar-refractivity contribution is 0.253. The fraction of sp³-hybridized carbons (Fsp3) is 0.524. The van der Waals surface area contributed by atoms with Crippen LogP contribution in [0.1, 0.15) is 45.1 Å². The average Bonchev–Trinajstić information content (AvgIpc) is 2.72. The Morgan fingerprint density at radius 2 is 1.76 bits per heavy atom. The lowest BCUT2D eigenvalue weighted by atomic mass is 10.0. The Bertz CT molecular complexity index is 921. The van der Waals surface area contributed by atoms with Gasteiger partial charge in [0.1, 0.15) is 10.7 Å². The third-order valence-electron chi connectivity index (χ3n) is 5.40. The highest BCUT2D eigenvalue weighted by atomic mass is 32.2. The summed E-state index contributed by atoms with van der Waals surface area (Å²) in [4.78, 5) is 13.3. The molecule has 0 saturated carbocycles. The molecule has 3 rings (SSSR count). The Labute approximate surface area is 173 Å². The van der Waals surface area contributed by atoms with E-state index in [0.29, 0.717) is 11.9 Å². The van der Waals surface area contributed by atoms with E-state index in [2.05, 4.69) is 40.5 Å². The van der Waals surface area contributed by atoms with Crippen LogP contribution in [-0.4, -0.2) is 56.0 Å². The number of piperazine rings is 1. The number of aromatic nitrogens is 2. The molecule has 8 heteroatoms. The first-order valence-corrected chi connectivity index (χ1v) is 11.8. The third-order valence-corrected chi connectivity index (χ3v) is 7.19. The number of unbranched alkanes of at least 4 members (excludes halogenated alkanes) is 1. The summed E-state index contributed by atoms with van der Waals surface area (Å²) in [6, 6.07) is 6.91. The standard InChI is InChI=1S/C21H31N5O2S/c1-4-5-10-25-11-13-26(14-12-25)21-23-15-19(20(22)24-21)29(27,28)18-8-6-17(7-9-18)16(2)3/h6-9,15-16H,4-5,10-14H2,1-3H3,(H2,22,23,24). The van der Waals surface area contributed by atoms with Crippen molar-refractivity contribution in [3.8, 4) is 0 Å². The maximum absolute atomic E-state index is 13.0. The molecule has 29 heavy (non-hydrogen) atoms. The van der Waals surface area contributed by atoms with Crippen LogP contribution in [-0.2, 0) is 9.84 Å². The summed E-state index contributed by atoms with van der Waals surface area (Å²) < 4.78 is 26.0. The normalized spacial score (nSPS) is 15.8. The molecule has 2 aromatic rings. The van der Waals surface area contributed by atoms with Crippen molar-refractivity contribution in [2.75, 3.05) is 43.4 Å². The van der Waals surface area contributed by atoms with Gasteiger partial charge in [0.15, 0.2) is 0 Å². The van der Waals surface area contributed by atoms with Crippen molar-refractivity contribution < 1.29 is 8.42 Å². The molecule has 2 heterocycles. The van der Waals surface area contributed by atoms with Gasteiger partial charge in [-0.2, -0.15) is 4.98 Å². The fourth-order valence-corrected chi connectivity index (χ4v) is 4.71. The van der Waals surface area contributed by atoms with Gasteiger partial charge in [-0.1, -0.05) is 39.3 Å². The summed E-state index contributed by atoms with van der Waals surface area (Å²) in [5.41, 5.74) is 7.14. The maximum atomic E-state index is 13.0. The van der Waals surface area contributed by atoms with Crippen molar-refractivity contribution in [3.05, 3.63) is 36.0 Å². The van der Waals surface area contributed by atoms with Crippen LogP contribution in [0.25, 0.3) is 0 Å². The molecule has 0 atom stereocenters. The Kier molecular flexibility index (Phi) is 6.74. The smallest absolute Gasteiger partial charge is 0.227 e. The van der Waals surface area contributed by atoms with E-state index in [-0.39, 0.29) is 15.6 Å². The summed E-state index contributed by atoms with van der Waals surface area (Å²) in [7, 11) is -3.76. The number of nitrogens with two attached hydrogens (primary N) is 1. The van der Waals surface area contributed by atoms with Gasteiger partial charge in [0.2, 0.25) is 15.8 Å². The minimum atomic E-state index is -3.76. The highest BCUT2D eigenvalue weighted by Gasteiger charge is 2.25. The molecular formula is C21H31N5O2S. The van der Waals surface area contributed by atoms with Crippen molar-refractivity contribution in [1.82, 2.24) is 14.9 Å². The zero-order chi connectivity index (χ0) is 21.0. The first-order valence-electron chi connectivity index (χ1n) is 10.3. The maximum Gasteiger partial charge on any atom is 0.227 e. The Hall–Kier alpha value is -2.19. The van der Waals surface area contributed by atoms with E-state index in [4.69, 9.17) is 5.73 Å². The van der Waals surface area contributed by atoms with Crippen LogP contribution < -0.4 is 10.6 Å². The van der Waals surface area contributed by atoms with Crippen LogP contribution in [0.3, 0.4) is 0 Å². The number of hydrogen-bond acceptors (Lipinski definition) is 7. The summed E-state index contributed by atoms with van der Waals surface area (Å²) in [6.07, 6.45) is 3.73. The van der Waals surface area contributed by atoms with Gasteiger partial charge >= 0.3 is 0 Å². The van der Waals surface area contributed by atoms with Crippen molar-refractivity contribution in [2.24, 2.45) is 0 Å². The van der Waals surface area contributed by atoms with Gasteiger partial charge in [0.05, 0.1) is 11.1 Å². The number of anilines is 2. The number of nitrogen functional groups attached to an aromatic ring is 1. The van der Waals surface area contributed by atoms with Crippen LogP contribution >= 0.6 is 0 Å². The molecule has 0 radical (unpaired) electrons. The van der Waals surface area contributed by atoms with Gasteiger partial charge in [-0.15, -0.1) is 0 Å². The van der Waals surface area contributed by atoms with Crippen LogP contribution in [0.2, 0.25) is 0 Å². The van der Waals surface area contributed by atoms with Crippen LogP contribution in [0, 0.1) is 0 Å². The molecule has 0 aliphatic carbocycles. The van der Waals surface area contributed by atoms with Gasteiger partial charge < -0.3 is 10.6 Å². The number of benzene rings is 1. The first kappa shape index (κ1) is 21.5. The second-order valence-corrected chi connectivity index (χ2v) is 9.75. The Morgan fingerprint density at radius 1 is 1.10 bits per heavy atom.